The van der Waals surface area contributed by atoms with Crippen LogP contribution in [0.25, 0.3) is 76.9 Å². The maximum Gasteiger partial charge on any atom is 0.137 e. The Balaban J connectivity index is 1.15. The Kier molecular flexibility index (Phi) is 6.68. The number of anilines is 3. The summed E-state index contributed by atoms with van der Waals surface area (Å²) in [6.45, 7) is 0. The van der Waals surface area contributed by atoms with Crippen LogP contribution < -0.4 is 4.90 Å². The minimum absolute atomic E-state index is 0.622. The van der Waals surface area contributed by atoms with Gasteiger partial charge in [-0.15, -0.1) is 0 Å². The molecular formula is C57H35NO. The number of furan rings is 1. The van der Waals surface area contributed by atoms with E-state index in [-0.39, 0.29) is 0 Å². The second-order valence-electron chi connectivity index (χ2n) is 15.9. The minimum atomic E-state index is -0.622. The molecule has 1 atom stereocenters. The third-order valence-corrected chi connectivity index (χ3v) is 13.0. The van der Waals surface area contributed by atoms with Crippen molar-refractivity contribution in [3.8, 4) is 33.4 Å². The SMILES string of the molecule is c1ccc(-c2ccc3c4c(cccc24)C2(c4cc(N(c5ccccc5)c5ccc6c(c5)oc5ccccc56)ccc4-c4cccc5cccc2c45)c2ccccc2-3)cc1. The normalized spacial score (nSPS) is 14.8. The first-order chi connectivity index (χ1) is 29.3. The topological polar surface area (TPSA) is 16.4 Å². The molecular weight excluding hydrogens is 715 g/mol. The largest absolute Gasteiger partial charge is 0.456 e. The quantitative estimate of drug-likeness (QED) is 0.178. The van der Waals surface area contributed by atoms with E-state index >= 15 is 0 Å². The van der Waals surface area contributed by atoms with Gasteiger partial charge in [-0.1, -0.05) is 164 Å². The molecule has 0 N–H and O–H groups in total. The van der Waals surface area contributed by atoms with Gasteiger partial charge in [0.2, 0.25) is 0 Å². The molecule has 274 valence electrons. The molecule has 0 saturated carbocycles. The van der Waals surface area contributed by atoms with E-state index < -0.39 is 5.41 Å². The smallest absolute Gasteiger partial charge is 0.137 e. The molecule has 2 heteroatoms. The summed E-state index contributed by atoms with van der Waals surface area (Å²) in [7, 11) is 0. The van der Waals surface area contributed by atoms with Gasteiger partial charge in [0.1, 0.15) is 11.2 Å². The highest BCUT2D eigenvalue weighted by atomic mass is 16.3. The van der Waals surface area contributed by atoms with Gasteiger partial charge in [0.05, 0.1) is 5.41 Å². The summed E-state index contributed by atoms with van der Waals surface area (Å²) in [4.78, 5) is 2.39. The van der Waals surface area contributed by atoms with Crippen LogP contribution in [0.1, 0.15) is 22.3 Å². The highest BCUT2D eigenvalue weighted by Gasteiger charge is 2.49. The van der Waals surface area contributed by atoms with E-state index in [1.807, 2.05) is 6.07 Å². The Morgan fingerprint density at radius 3 is 1.78 bits per heavy atom. The van der Waals surface area contributed by atoms with E-state index in [9.17, 15) is 0 Å². The average Bonchev–Trinajstić information content (AvgIpc) is 3.68. The van der Waals surface area contributed by atoms with Gasteiger partial charge in [-0.05, 0) is 120 Å². The maximum absolute atomic E-state index is 6.49. The average molecular weight is 750 g/mol. The molecule has 1 heterocycles. The molecule has 0 aliphatic heterocycles. The lowest BCUT2D eigenvalue weighted by Crippen LogP contribution is -2.36. The van der Waals surface area contributed by atoms with Crippen LogP contribution in [0.2, 0.25) is 0 Å². The predicted molar refractivity (Wildman–Crippen MR) is 245 cm³/mol. The van der Waals surface area contributed by atoms with Crippen LogP contribution in [0.15, 0.2) is 217 Å². The van der Waals surface area contributed by atoms with Gasteiger partial charge >= 0.3 is 0 Å². The van der Waals surface area contributed by atoms with Crippen LogP contribution in [0.4, 0.5) is 17.1 Å². The molecule has 10 aromatic carbocycles. The molecule has 2 aliphatic carbocycles. The molecule has 2 aliphatic rings. The number of hydrogen-bond acceptors (Lipinski definition) is 2. The van der Waals surface area contributed by atoms with Gasteiger partial charge in [0, 0.05) is 33.9 Å². The first-order valence-corrected chi connectivity index (χ1v) is 20.4. The van der Waals surface area contributed by atoms with Gasteiger partial charge < -0.3 is 9.32 Å². The third-order valence-electron chi connectivity index (χ3n) is 13.0. The standard InChI is InChI=1S/C57H35NO/c1-3-14-36(15-4-1)41-32-33-48-42-20-7-9-24-49(42)57(51-26-13-23-46(41)56(48)51)50-25-12-17-37-16-11-22-47(55(37)50)43-30-28-39(34-52(43)57)58(38-18-5-2-6-19-38)40-29-31-45-44-21-8-10-27-53(44)59-54(45)35-40/h1-35H. The van der Waals surface area contributed by atoms with Gasteiger partial charge in [-0.25, -0.2) is 0 Å². The number of hydrogen-bond donors (Lipinski definition) is 0. The Labute approximate surface area is 341 Å². The second kappa shape index (κ2) is 12.2. The van der Waals surface area contributed by atoms with Crippen molar-refractivity contribution in [2.45, 2.75) is 5.41 Å². The summed E-state index contributed by atoms with van der Waals surface area (Å²) in [5, 5.41) is 7.41. The number of benzene rings is 10. The van der Waals surface area contributed by atoms with Crippen LogP contribution in [0.3, 0.4) is 0 Å². The molecule has 59 heavy (non-hydrogen) atoms. The third kappa shape index (κ3) is 4.40. The summed E-state index contributed by atoms with van der Waals surface area (Å²) >= 11 is 0. The van der Waals surface area contributed by atoms with Crippen LogP contribution in [0, 0.1) is 0 Å². The van der Waals surface area contributed by atoms with Crippen molar-refractivity contribution in [1.82, 2.24) is 0 Å². The Bertz CT molecular complexity index is 3500. The lowest BCUT2D eigenvalue weighted by Gasteiger charge is -2.46. The van der Waals surface area contributed by atoms with Crippen LogP contribution >= 0.6 is 0 Å². The van der Waals surface area contributed by atoms with E-state index in [0.29, 0.717) is 0 Å². The molecule has 2 nitrogen and oxygen atoms in total. The fourth-order valence-electron chi connectivity index (χ4n) is 10.7. The van der Waals surface area contributed by atoms with Crippen LogP contribution in [-0.4, -0.2) is 0 Å². The van der Waals surface area contributed by atoms with Crippen molar-refractivity contribution in [3.05, 3.63) is 235 Å². The zero-order valence-electron chi connectivity index (χ0n) is 32.1. The van der Waals surface area contributed by atoms with Crippen molar-refractivity contribution >= 4 is 60.5 Å². The summed E-state index contributed by atoms with van der Waals surface area (Å²) in [6.07, 6.45) is 0. The van der Waals surface area contributed by atoms with E-state index in [1.165, 1.54) is 77.2 Å². The van der Waals surface area contributed by atoms with E-state index in [4.69, 9.17) is 4.42 Å². The molecule has 1 unspecified atom stereocenters. The Hall–Kier alpha value is -7.68. The lowest BCUT2D eigenvalue weighted by atomic mass is 9.55. The van der Waals surface area contributed by atoms with Gasteiger partial charge in [0.25, 0.3) is 0 Å². The summed E-state index contributed by atoms with van der Waals surface area (Å²) in [5.41, 5.74) is 17.2. The zero-order chi connectivity index (χ0) is 38.7. The maximum atomic E-state index is 6.49. The number of nitrogens with zero attached hydrogens (tertiary/aromatic N) is 1. The van der Waals surface area contributed by atoms with Crippen LogP contribution in [-0.2, 0) is 5.41 Å². The highest BCUT2D eigenvalue weighted by Crippen LogP contribution is 2.62. The molecule has 13 rings (SSSR count). The van der Waals surface area contributed by atoms with Crippen molar-refractivity contribution < 1.29 is 4.42 Å². The first kappa shape index (κ1) is 32.4. The van der Waals surface area contributed by atoms with Gasteiger partial charge in [-0.2, -0.15) is 0 Å². The minimum Gasteiger partial charge on any atom is -0.456 e. The Morgan fingerprint density at radius 2 is 0.898 bits per heavy atom. The van der Waals surface area contributed by atoms with Gasteiger partial charge in [-0.3, -0.25) is 0 Å². The molecule has 1 spiro atoms. The highest BCUT2D eigenvalue weighted by molar-refractivity contribution is 6.14. The molecule has 0 fully saturated rings. The Morgan fingerprint density at radius 1 is 0.322 bits per heavy atom. The van der Waals surface area contributed by atoms with E-state index in [1.54, 1.807) is 0 Å². The fourth-order valence-corrected chi connectivity index (χ4v) is 10.7. The molecule has 1 aromatic heterocycles. The molecule has 0 amide bonds. The van der Waals surface area contributed by atoms with Gasteiger partial charge in [0.15, 0.2) is 0 Å². The summed E-state index contributed by atoms with van der Waals surface area (Å²) in [5.74, 6) is 0. The van der Waals surface area contributed by atoms with E-state index in [2.05, 4.69) is 211 Å². The molecule has 0 bridgehead atoms. The monoisotopic (exact) mass is 749 g/mol. The van der Waals surface area contributed by atoms with Crippen molar-refractivity contribution in [2.24, 2.45) is 0 Å². The van der Waals surface area contributed by atoms with Crippen LogP contribution in [0.5, 0.6) is 0 Å². The first-order valence-electron chi connectivity index (χ1n) is 20.4. The predicted octanol–water partition coefficient (Wildman–Crippen LogP) is 15.4. The lowest BCUT2D eigenvalue weighted by molar-refractivity contribution is 0.669. The fraction of sp³-hybridized carbons (Fsp3) is 0.0175. The van der Waals surface area contributed by atoms with E-state index in [0.717, 1.165) is 39.0 Å². The van der Waals surface area contributed by atoms with Crippen molar-refractivity contribution in [2.75, 3.05) is 4.90 Å². The number of para-hydroxylation sites is 2. The summed E-state index contributed by atoms with van der Waals surface area (Å²) in [6, 6.07) is 78.3. The summed E-state index contributed by atoms with van der Waals surface area (Å²) < 4.78 is 6.49. The number of fused-ring (bicyclic) bond motifs is 11. The molecule has 0 radical (unpaired) electrons. The second-order valence-corrected chi connectivity index (χ2v) is 15.9. The molecule has 0 saturated heterocycles. The molecule has 11 aromatic rings. The van der Waals surface area contributed by atoms with Crippen molar-refractivity contribution in [3.63, 3.8) is 0 Å². The number of rotatable bonds is 4. The zero-order valence-corrected chi connectivity index (χ0v) is 32.1. The van der Waals surface area contributed by atoms with Crippen molar-refractivity contribution in [1.29, 1.82) is 0 Å².